The number of ether oxygens (including phenoxy) is 1. The molecule has 1 aromatic rings. The van der Waals surface area contributed by atoms with Gasteiger partial charge in [-0.25, -0.2) is 0 Å². The monoisotopic (exact) mass is 248 g/mol. The molecule has 3 nitrogen and oxygen atoms in total. The van der Waals surface area contributed by atoms with Crippen molar-refractivity contribution in [2.75, 3.05) is 6.61 Å². The summed E-state index contributed by atoms with van der Waals surface area (Å²) in [5.41, 5.74) is 1.09. The third-order valence-electron chi connectivity index (χ3n) is 3.85. The van der Waals surface area contributed by atoms with Gasteiger partial charge in [0.05, 0.1) is 6.10 Å². The summed E-state index contributed by atoms with van der Waals surface area (Å²) in [6.07, 6.45) is 3.07. The number of hydrogen-bond acceptors (Lipinski definition) is 3. The minimum absolute atomic E-state index is 0.119. The van der Waals surface area contributed by atoms with Crippen molar-refractivity contribution in [1.29, 1.82) is 0 Å². The number of benzene rings is 1. The summed E-state index contributed by atoms with van der Waals surface area (Å²) >= 11 is 0. The largest absolute Gasteiger partial charge is 0.465 e. The maximum Gasteiger partial charge on any atom is 0.302 e. The first-order chi connectivity index (χ1) is 8.62. The molecule has 1 aromatic carbocycles. The maximum atomic E-state index is 11.1. The number of aliphatic hydroxyl groups is 1. The molecule has 0 amide bonds. The van der Waals surface area contributed by atoms with Gasteiger partial charge >= 0.3 is 5.97 Å². The Kier molecular flexibility index (Phi) is 4.02. The van der Waals surface area contributed by atoms with Crippen LogP contribution in [0.3, 0.4) is 0 Å². The van der Waals surface area contributed by atoms with E-state index >= 15 is 0 Å². The van der Waals surface area contributed by atoms with E-state index in [9.17, 15) is 9.90 Å². The second-order valence-corrected chi connectivity index (χ2v) is 5.16. The number of carbonyl (C=O) groups is 1. The summed E-state index contributed by atoms with van der Waals surface area (Å²) < 4.78 is 5.25. The van der Waals surface area contributed by atoms with Crippen LogP contribution in [0.4, 0.5) is 0 Å². The van der Waals surface area contributed by atoms with Gasteiger partial charge in [0.25, 0.3) is 0 Å². The first kappa shape index (κ1) is 13.1. The number of aliphatic hydroxyl groups excluding tert-OH is 1. The molecule has 0 heterocycles. The summed E-state index contributed by atoms with van der Waals surface area (Å²) in [6.45, 7) is 1.86. The van der Waals surface area contributed by atoms with E-state index < -0.39 is 0 Å². The Bertz CT molecular complexity index is 391. The fraction of sp³-hybridized carbons (Fsp3) is 0.533. The third-order valence-corrected chi connectivity index (χ3v) is 3.85. The zero-order chi connectivity index (χ0) is 13.0. The first-order valence-corrected chi connectivity index (χ1v) is 6.49. The van der Waals surface area contributed by atoms with Crippen LogP contribution in [0.25, 0.3) is 0 Å². The third kappa shape index (κ3) is 2.91. The lowest BCUT2D eigenvalue weighted by Crippen LogP contribution is -2.38. The first-order valence-electron chi connectivity index (χ1n) is 6.49. The van der Waals surface area contributed by atoms with Crippen LogP contribution in [-0.4, -0.2) is 23.8 Å². The average molecular weight is 248 g/mol. The van der Waals surface area contributed by atoms with Crippen LogP contribution < -0.4 is 0 Å². The molecule has 1 aliphatic carbocycles. The van der Waals surface area contributed by atoms with E-state index in [0.717, 1.165) is 25.7 Å². The molecule has 98 valence electrons. The predicted octanol–water partition coefficient (Wildman–Crippen LogP) is 2.42. The van der Waals surface area contributed by atoms with Gasteiger partial charge < -0.3 is 9.84 Å². The van der Waals surface area contributed by atoms with Crippen LogP contribution in [-0.2, 0) is 14.9 Å². The molecule has 0 radical (unpaired) electrons. The molecule has 3 heteroatoms. The SMILES string of the molecule is CC(=O)OC[C@]1(c2ccccc2)CC[C@H](O)CC1. The molecule has 0 bridgehead atoms. The molecule has 0 aromatic heterocycles. The Hall–Kier alpha value is -1.35. The topological polar surface area (TPSA) is 46.5 Å². The van der Waals surface area contributed by atoms with Crippen LogP contribution in [0.1, 0.15) is 38.2 Å². The molecular weight excluding hydrogens is 228 g/mol. The van der Waals surface area contributed by atoms with Gasteiger partial charge in [-0.2, -0.15) is 0 Å². The molecule has 0 saturated heterocycles. The molecule has 1 N–H and O–H groups in total. The Morgan fingerprint density at radius 3 is 2.50 bits per heavy atom. The smallest absolute Gasteiger partial charge is 0.302 e. The minimum atomic E-state index is -0.239. The minimum Gasteiger partial charge on any atom is -0.465 e. The quantitative estimate of drug-likeness (QED) is 0.836. The number of esters is 1. The highest BCUT2D eigenvalue weighted by Gasteiger charge is 2.37. The highest BCUT2D eigenvalue weighted by Crippen LogP contribution is 2.39. The summed E-state index contributed by atoms with van der Waals surface area (Å²) in [5, 5.41) is 9.66. The van der Waals surface area contributed by atoms with E-state index in [4.69, 9.17) is 4.74 Å². The zero-order valence-electron chi connectivity index (χ0n) is 10.8. The summed E-state index contributed by atoms with van der Waals surface area (Å²) in [5.74, 6) is -0.239. The second kappa shape index (κ2) is 5.53. The van der Waals surface area contributed by atoms with Crippen molar-refractivity contribution in [2.45, 2.75) is 44.1 Å². The molecule has 18 heavy (non-hydrogen) atoms. The Balaban J connectivity index is 2.20. The van der Waals surface area contributed by atoms with Gasteiger partial charge in [0.1, 0.15) is 6.61 Å². The molecular formula is C15H20O3. The Morgan fingerprint density at radius 2 is 1.94 bits per heavy atom. The summed E-state index contributed by atoms with van der Waals surface area (Å²) in [7, 11) is 0. The van der Waals surface area contributed by atoms with Crippen molar-refractivity contribution < 1.29 is 14.6 Å². The molecule has 0 aliphatic heterocycles. The van der Waals surface area contributed by atoms with Crippen LogP contribution in [0.5, 0.6) is 0 Å². The van der Waals surface area contributed by atoms with Crippen LogP contribution in [0, 0.1) is 0 Å². The van der Waals surface area contributed by atoms with Crippen LogP contribution in [0.2, 0.25) is 0 Å². The molecule has 0 atom stereocenters. The zero-order valence-corrected chi connectivity index (χ0v) is 10.8. The van der Waals surface area contributed by atoms with Crippen LogP contribution >= 0.6 is 0 Å². The van der Waals surface area contributed by atoms with E-state index in [1.165, 1.54) is 12.5 Å². The number of carbonyl (C=O) groups excluding carboxylic acids is 1. The van der Waals surface area contributed by atoms with Crippen molar-refractivity contribution >= 4 is 5.97 Å². The summed E-state index contributed by atoms with van der Waals surface area (Å²) in [6, 6.07) is 10.2. The van der Waals surface area contributed by atoms with E-state index in [1.54, 1.807) is 0 Å². The molecule has 0 spiro atoms. The fourth-order valence-electron chi connectivity index (χ4n) is 2.70. The Morgan fingerprint density at radius 1 is 1.33 bits per heavy atom. The molecule has 2 rings (SSSR count). The van der Waals surface area contributed by atoms with Crippen molar-refractivity contribution in [2.24, 2.45) is 0 Å². The lowest BCUT2D eigenvalue weighted by atomic mass is 9.69. The molecule has 1 fully saturated rings. The van der Waals surface area contributed by atoms with Crippen LogP contribution in [0.15, 0.2) is 30.3 Å². The molecule has 1 aliphatic rings. The summed E-state index contributed by atoms with van der Waals surface area (Å²) in [4.78, 5) is 11.1. The van der Waals surface area contributed by atoms with E-state index in [1.807, 2.05) is 18.2 Å². The molecule has 1 saturated carbocycles. The van der Waals surface area contributed by atoms with Crippen molar-refractivity contribution in [3.63, 3.8) is 0 Å². The van der Waals surface area contributed by atoms with Gasteiger partial charge in [0.15, 0.2) is 0 Å². The van der Waals surface area contributed by atoms with Crippen molar-refractivity contribution in [3.8, 4) is 0 Å². The van der Waals surface area contributed by atoms with Gasteiger partial charge in [-0.1, -0.05) is 30.3 Å². The van der Waals surface area contributed by atoms with Gasteiger partial charge in [-0.15, -0.1) is 0 Å². The molecule has 0 unspecified atom stereocenters. The standard InChI is InChI=1S/C15H20O3/c1-12(16)18-11-15(9-7-14(17)8-10-15)13-5-3-2-4-6-13/h2-6,14,17H,7-11H2,1H3/t14-,15-. The maximum absolute atomic E-state index is 11.1. The van der Waals surface area contributed by atoms with E-state index in [-0.39, 0.29) is 17.5 Å². The van der Waals surface area contributed by atoms with Gasteiger partial charge in [-0.05, 0) is 31.2 Å². The van der Waals surface area contributed by atoms with Gasteiger partial charge in [-0.3, -0.25) is 4.79 Å². The second-order valence-electron chi connectivity index (χ2n) is 5.16. The van der Waals surface area contributed by atoms with Gasteiger partial charge in [0.2, 0.25) is 0 Å². The number of hydrogen-bond donors (Lipinski definition) is 1. The highest BCUT2D eigenvalue weighted by atomic mass is 16.5. The van der Waals surface area contributed by atoms with Crippen molar-refractivity contribution in [3.05, 3.63) is 35.9 Å². The lowest BCUT2D eigenvalue weighted by Gasteiger charge is -2.38. The van der Waals surface area contributed by atoms with E-state index in [0.29, 0.717) is 6.61 Å². The van der Waals surface area contributed by atoms with Crippen molar-refractivity contribution in [1.82, 2.24) is 0 Å². The Labute approximate surface area is 108 Å². The lowest BCUT2D eigenvalue weighted by molar-refractivity contribution is -0.143. The highest BCUT2D eigenvalue weighted by molar-refractivity contribution is 5.66. The normalized spacial score (nSPS) is 27.8. The van der Waals surface area contributed by atoms with Gasteiger partial charge in [0, 0.05) is 12.3 Å². The van der Waals surface area contributed by atoms with E-state index in [2.05, 4.69) is 12.1 Å². The average Bonchev–Trinajstić information content (AvgIpc) is 2.39. The number of rotatable bonds is 3. The fourth-order valence-corrected chi connectivity index (χ4v) is 2.70. The predicted molar refractivity (Wildman–Crippen MR) is 69.2 cm³/mol.